The summed E-state index contributed by atoms with van der Waals surface area (Å²) in [5, 5.41) is 2.72. The summed E-state index contributed by atoms with van der Waals surface area (Å²) >= 11 is 0. The quantitative estimate of drug-likeness (QED) is 0.594. The largest absolute Gasteiger partial charge is 0.355 e. The second-order valence-corrected chi connectivity index (χ2v) is 3.85. The van der Waals surface area contributed by atoms with Gasteiger partial charge in [-0.15, -0.1) is 0 Å². The third kappa shape index (κ3) is 4.18. The van der Waals surface area contributed by atoms with Crippen molar-refractivity contribution >= 4 is 5.91 Å². The zero-order valence-corrected chi connectivity index (χ0v) is 10.1. The molecule has 0 fully saturated rings. The Morgan fingerprint density at radius 2 is 2.12 bits per heavy atom. The van der Waals surface area contributed by atoms with Gasteiger partial charge in [0.05, 0.1) is 0 Å². The molecule has 0 saturated heterocycles. The molecule has 0 unspecified atom stereocenters. The zero-order valence-electron chi connectivity index (χ0n) is 10.1. The summed E-state index contributed by atoms with van der Waals surface area (Å²) in [4.78, 5) is 10.6. The van der Waals surface area contributed by atoms with Gasteiger partial charge in [-0.05, 0) is 31.0 Å². The Morgan fingerprint density at radius 3 is 2.81 bits per heavy atom. The number of nitrogens with one attached hydrogen (secondary N) is 1. The van der Waals surface area contributed by atoms with E-state index in [1.54, 1.807) is 0 Å². The lowest BCUT2D eigenvalue weighted by atomic mass is 10.1. The van der Waals surface area contributed by atoms with Crippen molar-refractivity contribution in [3.63, 3.8) is 0 Å². The molecule has 84 valence electrons. The Balaban J connectivity index is 2.56. The van der Waals surface area contributed by atoms with Crippen molar-refractivity contribution in [2.45, 2.75) is 27.2 Å². The highest BCUT2D eigenvalue weighted by Crippen LogP contribution is 2.08. The lowest BCUT2D eigenvalue weighted by Crippen LogP contribution is -2.20. The Bertz CT molecular complexity index is 438. The molecule has 0 aliphatic rings. The fourth-order valence-electron chi connectivity index (χ4n) is 1.33. The molecule has 1 aromatic carbocycles. The number of hydrogen-bond donors (Lipinski definition) is 1. The van der Waals surface area contributed by atoms with Crippen molar-refractivity contribution in [3.8, 4) is 11.8 Å². The molecule has 1 amide bonds. The summed E-state index contributed by atoms with van der Waals surface area (Å²) in [6, 6.07) is 6.24. The molecule has 0 aromatic heterocycles. The first-order valence-electron chi connectivity index (χ1n) is 5.40. The zero-order chi connectivity index (χ0) is 12.0. The van der Waals surface area contributed by atoms with Crippen LogP contribution in [0, 0.1) is 25.7 Å². The maximum Gasteiger partial charge on any atom is 0.216 e. The van der Waals surface area contributed by atoms with Crippen molar-refractivity contribution in [2.75, 3.05) is 6.54 Å². The monoisotopic (exact) mass is 215 g/mol. The third-order valence-electron chi connectivity index (χ3n) is 2.24. The molecule has 0 saturated carbocycles. The summed E-state index contributed by atoms with van der Waals surface area (Å²) in [6.07, 6.45) is 0.687. The van der Waals surface area contributed by atoms with Gasteiger partial charge in [-0.2, -0.15) is 0 Å². The molecule has 0 radical (unpaired) electrons. The number of rotatable bonds is 2. The Labute approximate surface area is 97.1 Å². The van der Waals surface area contributed by atoms with E-state index < -0.39 is 0 Å². The number of carbonyl (C=O) groups is 1. The van der Waals surface area contributed by atoms with Gasteiger partial charge in [0.15, 0.2) is 0 Å². The van der Waals surface area contributed by atoms with Crippen LogP contribution in [0.25, 0.3) is 0 Å². The number of amides is 1. The number of hydrogen-bond acceptors (Lipinski definition) is 1. The van der Waals surface area contributed by atoms with E-state index in [1.807, 2.05) is 0 Å². The molecule has 0 spiro atoms. The van der Waals surface area contributed by atoms with Gasteiger partial charge in [-0.25, -0.2) is 0 Å². The summed E-state index contributed by atoms with van der Waals surface area (Å²) in [6.45, 7) is 6.24. The lowest BCUT2D eigenvalue weighted by molar-refractivity contribution is -0.118. The molecule has 0 atom stereocenters. The minimum atomic E-state index is -0.00599. The molecule has 0 heterocycles. The topological polar surface area (TPSA) is 29.1 Å². The standard InChI is InChI=1S/C14H17NO/c1-11-7-8-12(2)14(10-11)6-4-5-9-15-13(3)16/h7-8,10H,5,9H2,1-3H3,(H,15,16). The molecule has 1 rings (SSSR count). The van der Waals surface area contributed by atoms with Crippen LogP contribution in [0.1, 0.15) is 30.0 Å². The van der Waals surface area contributed by atoms with Crippen molar-refractivity contribution in [3.05, 3.63) is 34.9 Å². The molecular weight excluding hydrogens is 198 g/mol. The average Bonchev–Trinajstić information content (AvgIpc) is 2.22. The van der Waals surface area contributed by atoms with E-state index in [1.165, 1.54) is 18.1 Å². The van der Waals surface area contributed by atoms with Gasteiger partial charge in [0.1, 0.15) is 0 Å². The smallest absolute Gasteiger partial charge is 0.216 e. The maximum absolute atomic E-state index is 10.6. The summed E-state index contributed by atoms with van der Waals surface area (Å²) in [5.41, 5.74) is 3.48. The van der Waals surface area contributed by atoms with E-state index in [4.69, 9.17) is 0 Å². The molecule has 0 bridgehead atoms. The van der Waals surface area contributed by atoms with Gasteiger partial charge >= 0.3 is 0 Å². The van der Waals surface area contributed by atoms with Crippen molar-refractivity contribution < 1.29 is 4.79 Å². The van der Waals surface area contributed by atoms with Crippen LogP contribution in [0.5, 0.6) is 0 Å². The van der Waals surface area contributed by atoms with Crippen LogP contribution in [0.2, 0.25) is 0 Å². The molecule has 0 aliphatic carbocycles. The first-order valence-corrected chi connectivity index (χ1v) is 5.40. The first-order chi connectivity index (χ1) is 7.59. The summed E-state index contributed by atoms with van der Waals surface area (Å²) in [5.74, 6) is 6.18. The Kier molecular flexibility index (Phi) is 4.60. The molecule has 2 nitrogen and oxygen atoms in total. The van der Waals surface area contributed by atoms with Gasteiger partial charge in [-0.3, -0.25) is 4.79 Å². The fraction of sp³-hybridized carbons (Fsp3) is 0.357. The lowest BCUT2D eigenvalue weighted by Gasteiger charge is -1.99. The number of aryl methyl sites for hydroxylation is 2. The van der Waals surface area contributed by atoms with E-state index in [2.05, 4.69) is 49.2 Å². The van der Waals surface area contributed by atoms with Gasteiger partial charge in [-0.1, -0.05) is 24.0 Å². The SMILES string of the molecule is CC(=O)NCCC#Cc1cc(C)ccc1C. The summed E-state index contributed by atoms with van der Waals surface area (Å²) < 4.78 is 0. The Hall–Kier alpha value is -1.75. The highest BCUT2D eigenvalue weighted by Gasteiger charge is 1.93. The van der Waals surface area contributed by atoms with Crippen molar-refractivity contribution in [2.24, 2.45) is 0 Å². The minimum Gasteiger partial charge on any atom is -0.355 e. The maximum atomic E-state index is 10.6. The van der Waals surface area contributed by atoms with Gasteiger partial charge in [0, 0.05) is 25.5 Å². The second-order valence-electron chi connectivity index (χ2n) is 3.85. The number of carbonyl (C=O) groups excluding carboxylic acids is 1. The van der Waals surface area contributed by atoms with E-state index >= 15 is 0 Å². The van der Waals surface area contributed by atoms with E-state index in [-0.39, 0.29) is 5.91 Å². The van der Waals surface area contributed by atoms with Crippen molar-refractivity contribution in [1.82, 2.24) is 5.32 Å². The fourth-order valence-corrected chi connectivity index (χ4v) is 1.33. The first kappa shape index (κ1) is 12.3. The van der Waals surface area contributed by atoms with Crippen LogP contribution in [0.4, 0.5) is 0 Å². The molecular formula is C14H17NO. The Morgan fingerprint density at radius 1 is 1.38 bits per heavy atom. The summed E-state index contributed by atoms with van der Waals surface area (Å²) in [7, 11) is 0. The molecule has 2 heteroatoms. The van der Waals surface area contributed by atoms with Crippen LogP contribution in [0.15, 0.2) is 18.2 Å². The van der Waals surface area contributed by atoms with Crippen LogP contribution in [0.3, 0.4) is 0 Å². The van der Waals surface area contributed by atoms with Gasteiger partial charge in [0.2, 0.25) is 5.91 Å². The van der Waals surface area contributed by atoms with E-state index in [9.17, 15) is 4.79 Å². The van der Waals surface area contributed by atoms with E-state index in [0.29, 0.717) is 13.0 Å². The van der Waals surface area contributed by atoms with Gasteiger partial charge in [0.25, 0.3) is 0 Å². The second kappa shape index (κ2) is 5.97. The van der Waals surface area contributed by atoms with Crippen LogP contribution >= 0.6 is 0 Å². The van der Waals surface area contributed by atoms with Crippen molar-refractivity contribution in [1.29, 1.82) is 0 Å². The highest BCUT2D eigenvalue weighted by atomic mass is 16.1. The predicted octanol–water partition coefficient (Wildman–Crippen LogP) is 2.18. The predicted molar refractivity (Wildman–Crippen MR) is 66.1 cm³/mol. The molecule has 0 aliphatic heterocycles. The van der Waals surface area contributed by atoms with Crippen LogP contribution < -0.4 is 5.32 Å². The normalized spacial score (nSPS) is 9.19. The minimum absolute atomic E-state index is 0.00599. The van der Waals surface area contributed by atoms with Crippen LogP contribution in [-0.4, -0.2) is 12.5 Å². The highest BCUT2D eigenvalue weighted by molar-refractivity contribution is 5.72. The molecule has 1 aromatic rings. The third-order valence-corrected chi connectivity index (χ3v) is 2.24. The van der Waals surface area contributed by atoms with Crippen LogP contribution in [-0.2, 0) is 4.79 Å². The number of benzene rings is 1. The van der Waals surface area contributed by atoms with Gasteiger partial charge < -0.3 is 5.32 Å². The molecule has 1 N–H and O–H groups in total. The molecule has 16 heavy (non-hydrogen) atoms. The average molecular weight is 215 g/mol. The van der Waals surface area contributed by atoms with E-state index in [0.717, 1.165) is 5.56 Å².